The molecule has 1 N–H and O–H groups in total. The number of fused-ring (bicyclic) bond motifs is 2. The number of carbonyl (C=O) groups is 2. The molecule has 0 bridgehead atoms. The number of anilines is 1. The molecule has 4 rings (SSSR count). The quantitative estimate of drug-likeness (QED) is 0.782. The summed E-state index contributed by atoms with van der Waals surface area (Å²) >= 11 is 0. The molecule has 2 amide bonds. The average molecular weight is 328 g/mol. The second kappa shape index (κ2) is 5.22. The fourth-order valence-electron chi connectivity index (χ4n) is 3.85. The minimum atomic E-state index is -0.627. The Kier molecular flexibility index (Phi) is 3.26. The van der Waals surface area contributed by atoms with Crippen molar-refractivity contribution in [3.63, 3.8) is 0 Å². The van der Waals surface area contributed by atoms with Crippen LogP contribution in [0.4, 0.5) is 5.69 Å². The van der Waals surface area contributed by atoms with Gasteiger partial charge in [0.25, 0.3) is 0 Å². The minimum Gasteiger partial charge on any atom is -0.374 e. The third-order valence-corrected chi connectivity index (χ3v) is 5.16. The lowest BCUT2D eigenvalue weighted by atomic mass is 10.0. The van der Waals surface area contributed by atoms with Crippen LogP contribution >= 0.6 is 0 Å². The van der Waals surface area contributed by atoms with Crippen LogP contribution in [-0.2, 0) is 23.1 Å². The number of rotatable bonds is 1. The third kappa shape index (κ3) is 2.07. The Morgan fingerprint density at radius 2 is 1.88 bits per heavy atom. The Labute approximate surface area is 138 Å². The highest BCUT2D eigenvalue weighted by Crippen LogP contribution is 2.32. The molecule has 126 valence electrons. The van der Waals surface area contributed by atoms with E-state index in [0.717, 1.165) is 36.1 Å². The zero-order chi connectivity index (χ0) is 17.0. The maximum Gasteiger partial charge on any atom is 0.329 e. The molecular weight excluding hydrogens is 308 g/mol. The van der Waals surface area contributed by atoms with E-state index in [0.29, 0.717) is 6.42 Å². The average Bonchev–Trinajstić information content (AvgIpc) is 2.78. The summed E-state index contributed by atoms with van der Waals surface area (Å²) in [4.78, 5) is 38.6. The number of nitrogens with zero attached hydrogens (tertiary/aromatic N) is 3. The largest absolute Gasteiger partial charge is 0.374 e. The van der Waals surface area contributed by atoms with E-state index in [4.69, 9.17) is 0 Å². The number of aromatic nitrogens is 2. The lowest BCUT2D eigenvalue weighted by molar-refractivity contribution is -0.135. The van der Waals surface area contributed by atoms with E-state index in [1.165, 1.54) is 5.56 Å². The zero-order valence-electron chi connectivity index (χ0n) is 13.8. The monoisotopic (exact) mass is 328 g/mol. The molecule has 3 heterocycles. The molecule has 2 aromatic rings. The number of imidazole rings is 1. The highest BCUT2D eigenvalue weighted by molar-refractivity contribution is 6.00. The van der Waals surface area contributed by atoms with Crippen LogP contribution < -0.4 is 15.9 Å². The predicted molar refractivity (Wildman–Crippen MR) is 90.2 cm³/mol. The number of aryl methyl sites for hydroxylation is 2. The van der Waals surface area contributed by atoms with Gasteiger partial charge < -0.3 is 4.90 Å². The molecule has 7 nitrogen and oxygen atoms in total. The van der Waals surface area contributed by atoms with Gasteiger partial charge in [0.15, 0.2) is 0 Å². The molecule has 0 radical (unpaired) electrons. The number of nitrogens with one attached hydrogen (secondary N) is 1. The Hall–Kier alpha value is -2.57. The smallest absolute Gasteiger partial charge is 0.329 e. The van der Waals surface area contributed by atoms with Crippen molar-refractivity contribution in [3.05, 3.63) is 28.2 Å². The Morgan fingerprint density at radius 3 is 2.62 bits per heavy atom. The number of hydrogen-bond donors (Lipinski definition) is 1. The van der Waals surface area contributed by atoms with Gasteiger partial charge in [0, 0.05) is 32.7 Å². The fraction of sp³-hybridized carbons (Fsp3) is 0.471. The van der Waals surface area contributed by atoms with Gasteiger partial charge in [-0.3, -0.25) is 24.0 Å². The van der Waals surface area contributed by atoms with Crippen LogP contribution in [0.3, 0.4) is 0 Å². The third-order valence-electron chi connectivity index (χ3n) is 5.16. The molecule has 24 heavy (non-hydrogen) atoms. The first-order chi connectivity index (χ1) is 11.5. The van der Waals surface area contributed by atoms with Gasteiger partial charge in [0.05, 0.1) is 11.0 Å². The topological polar surface area (TPSA) is 76.3 Å². The van der Waals surface area contributed by atoms with Crippen LogP contribution in [0.5, 0.6) is 0 Å². The maximum absolute atomic E-state index is 12.8. The first-order valence-corrected chi connectivity index (χ1v) is 8.26. The molecule has 1 aromatic carbocycles. The summed E-state index contributed by atoms with van der Waals surface area (Å²) in [6, 6.07) is 3.44. The molecule has 7 heteroatoms. The molecule has 1 fully saturated rings. The van der Waals surface area contributed by atoms with Crippen molar-refractivity contribution >= 4 is 28.5 Å². The van der Waals surface area contributed by atoms with E-state index in [1.54, 1.807) is 16.2 Å². The van der Waals surface area contributed by atoms with Crippen molar-refractivity contribution in [3.8, 4) is 0 Å². The summed E-state index contributed by atoms with van der Waals surface area (Å²) in [6.07, 6.45) is 2.66. The van der Waals surface area contributed by atoms with Crippen molar-refractivity contribution in [2.24, 2.45) is 7.05 Å². The molecule has 1 atom stereocenters. The summed E-state index contributed by atoms with van der Waals surface area (Å²) in [5.74, 6) is -0.667. The van der Waals surface area contributed by atoms with Gasteiger partial charge in [0.2, 0.25) is 11.8 Å². The number of benzene rings is 1. The Bertz CT molecular complexity index is 924. The second-order valence-electron chi connectivity index (χ2n) is 6.67. The number of imide groups is 1. The zero-order valence-corrected chi connectivity index (χ0v) is 13.8. The minimum absolute atomic E-state index is 0.218. The van der Waals surface area contributed by atoms with Gasteiger partial charge in [-0.25, -0.2) is 4.79 Å². The van der Waals surface area contributed by atoms with Gasteiger partial charge in [-0.05, 0) is 37.0 Å². The van der Waals surface area contributed by atoms with E-state index >= 15 is 0 Å². The Morgan fingerprint density at radius 1 is 1.08 bits per heavy atom. The highest BCUT2D eigenvalue weighted by atomic mass is 16.2. The SMILES string of the molecule is CN1CCCc2cc3c(cc21)n(C)c(=O)n3C1CCC(=O)NC1=O. The second-order valence-corrected chi connectivity index (χ2v) is 6.67. The van der Waals surface area contributed by atoms with E-state index in [-0.39, 0.29) is 18.0 Å². The van der Waals surface area contributed by atoms with Crippen LogP contribution in [-0.4, -0.2) is 34.5 Å². The van der Waals surface area contributed by atoms with Crippen LogP contribution in [0.25, 0.3) is 11.0 Å². The predicted octanol–water partition coefficient (Wildman–Crippen LogP) is 0.700. The van der Waals surface area contributed by atoms with Gasteiger partial charge in [-0.2, -0.15) is 0 Å². The molecule has 1 unspecified atom stereocenters. The molecule has 1 aromatic heterocycles. The lowest BCUT2D eigenvalue weighted by Gasteiger charge is -2.28. The summed E-state index contributed by atoms with van der Waals surface area (Å²) in [5.41, 5.74) is 3.71. The number of piperidine rings is 1. The van der Waals surface area contributed by atoms with Gasteiger partial charge in [-0.15, -0.1) is 0 Å². The van der Waals surface area contributed by atoms with Crippen molar-refractivity contribution in [2.75, 3.05) is 18.5 Å². The summed E-state index contributed by atoms with van der Waals surface area (Å²) in [6.45, 7) is 1.00. The van der Waals surface area contributed by atoms with Gasteiger partial charge in [0.1, 0.15) is 6.04 Å². The molecule has 0 aliphatic carbocycles. The molecule has 1 saturated heterocycles. The number of amides is 2. The van der Waals surface area contributed by atoms with Crippen LogP contribution in [0.15, 0.2) is 16.9 Å². The normalized spacial score (nSPS) is 21.1. The van der Waals surface area contributed by atoms with Gasteiger partial charge >= 0.3 is 5.69 Å². The van der Waals surface area contributed by atoms with E-state index in [9.17, 15) is 14.4 Å². The van der Waals surface area contributed by atoms with Crippen molar-refractivity contribution in [1.82, 2.24) is 14.5 Å². The van der Waals surface area contributed by atoms with Crippen molar-refractivity contribution < 1.29 is 9.59 Å². The number of hydrogen-bond acceptors (Lipinski definition) is 4. The first-order valence-electron chi connectivity index (χ1n) is 8.26. The van der Waals surface area contributed by atoms with Crippen LogP contribution in [0.2, 0.25) is 0 Å². The first kappa shape index (κ1) is 15.0. The summed E-state index contributed by atoms with van der Waals surface area (Å²) in [5, 5.41) is 2.34. The van der Waals surface area contributed by atoms with E-state index in [2.05, 4.69) is 17.3 Å². The standard InChI is InChI=1S/C17H20N4O3/c1-19-7-3-4-10-8-14-13(9-12(10)19)20(2)17(24)21(14)11-5-6-15(22)18-16(11)23/h8-9,11H,3-7H2,1-2H3,(H,18,22,23). The molecular formula is C17H20N4O3. The van der Waals surface area contributed by atoms with Gasteiger partial charge in [-0.1, -0.05) is 0 Å². The summed E-state index contributed by atoms with van der Waals surface area (Å²) in [7, 11) is 3.78. The molecule has 2 aliphatic heterocycles. The highest BCUT2D eigenvalue weighted by Gasteiger charge is 2.31. The van der Waals surface area contributed by atoms with Crippen molar-refractivity contribution in [1.29, 1.82) is 0 Å². The summed E-state index contributed by atoms with van der Waals surface area (Å²) < 4.78 is 3.13. The molecule has 0 spiro atoms. The molecule has 0 saturated carbocycles. The Balaban J connectivity index is 1.93. The maximum atomic E-state index is 12.8. The lowest BCUT2D eigenvalue weighted by Crippen LogP contribution is -2.44. The van der Waals surface area contributed by atoms with E-state index in [1.807, 2.05) is 12.1 Å². The number of carbonyl (C=O) groups excluding carboxylic acids is 2. The van der Waals surface area contributed by atoms with Crippen LogP contribution in [0.1, 0.15) is 30.9 Å². The van der Waals surface area contributed by atoms with Crippen LogP contribution in [0, 0.1) is 0 Å². The van der Waals surface area contributed by atoms with E-state index < -0.39 is 11.9 Å². The molecule has 2 aliphatic rings. The van der Waals surface area contributed by atoms with Crippen molar-refractivity contribution in [2.45, 2.75) is 31.7 Å². The fourth-order valence-corrected chi connectivity index (χ4v) is 3.85.